The SMILES string of the molecule is Cc1ccc2c(-c3ccc4c(c3)-c3ccccc3[Si]43CCCC3)c3ccccc3c(-c3cccc4c3-c3ccccc3C4(C)C)c2c1. The smallest absolute Gasteiger partial charge is 0.0623 e. The van der Waals surface area contributed by atoms with Gasteiger partial charge in [-0.15, -0.1) is 0 Å². The Bertz CT molecular complexity index is 2450. The van der Waals surface area contributed by atoms with E-state index in [2.05, 4.69) is 148 Å². The Hall–Kier alpha value is -4.72. The van der Waals surface area contributed by atoms with Crippen LogP contribution in [0, 0.1) is 6.92 Å². The fourth-order valence-corrected chi connectivity index (χ4v) is 15.6. The molecule has 2 heterocycles. The van der Waals surface area contributed by atoms with Crippen LogP contribution < -0.4 is 10.4 Å². The van der Waals surface area contributed by atoms with E-state index in [0.717, 1.165) is 0 Å². The van der Waals surface area contributed by atoms with Crippen LogP contribution in [0.25, 0.3) is 66.1 Å². The number of benzene rings is 7. The molecule has 0 unspecified atom stereocenters. The molecule has 0 amide bonds. The van der Waals surface area contributed by atoms with Crippen LogP contribution >= 0.6 is 0 Å². The molecule has 0 N–H and O–H groups in total. The van der Waals surface area contributed by atoms with Crippen LogP contribution in [0.4, 0.5) is 0 Å². The summed E-state index contributed by atoms with van der Waals surface area (Å²) in [5, 5.41) is 8.72. The second-order valence-electron chi connectivity index (χ2n) is 14.8. The van der Waals surface area contributed by atoms with Crippen molar-refractivity contribution < 1.29 is 0 Å². The van der Waals surface area contributed by atoms with Gasteiger partial charge in [-0.05, 0) is 113 Å². The van der Waals surface area contributed by atoms with Crippen molar-refractivity contribution in [3.8, 4) is 44.5 Å². The minimum Gasteiger partial charge on any atom is -0.0623 e. The van der Waals surface area contributed by atoms with E-state index in [1.54, 1.807) is 10.4 Å². The Morgan fingerprint density at radius 3 is 1.94 bits per heavy atom. The summed E-state index contributed by atoms with van der Waals surface area (Å²) in [6, 6.07) is 52.2. The predicted octanol–water partition coefficient (Wildman–Crippen LogP) is 11.3. The van der Waals surface area contributed by atoms with Gasteiger partial charge in [-0.25, -0.2) is 0 Å². The maximum absolute atomic E-state index is 2.56. The van der Waals surface area contributed by atoms with Crippen molar-refractivity contribution in [2.45, 2.75) is 51.1 Å². The summed E-state index contributed by atoms with van der Waals surface area (Å²) in [7, 11) is -1.65. The summed E-state index contributed by atoms with van der Waals surface area (Å²) in [6.45, 7) is 7.01. The van der Waals surface area contributed by atoms with Crippen molar-refractivity contribution in [3.05, 3.63) is 144 Å². The third-order valence-electron chi connectivity index (χ3n) is 12.1. The van der Waals surface area contributed by atoms with E-state index in [0.29, 0.717) is 0 Å². The van der Waals surface area contributed by atoms with Crippen LogP contribution in [0.3, 0.4) is 0 Å². The van der Waals surface area contributed by atoms with E-state index < -0.39 is 8.07 Å². The molecule has 0 bridgehead atoms. The zero-order valence-corrected chi connectivity index (χ0v) is 28.5. The molecule has 7 aromatic carbocycles. The standard InChI is InChI=1S/C46H38Si/c1-29-21-23-34-38(27-29)44(36-17-12-19-40-45(36)35-16-6-8-18-39(35)46(40,2)3)33-15-5-4-14-32(33)43(34)30-22-24-42-37(28-30)31-13-7-9-20-41(31)47(42)25-10-11-26-47/h4-9,12-24,27-28H,10-11,25-26H2,1-3H3. The Balaban J connectivity index is 1.29. The lowest BCUT2D eigenvalue weighted by molar-refractivity contribution is 0.660. The molecule has 0 atom stereocenters. The first-order chi connectivity index (χ1) is 23.0. The molecule has 0 saturated carbocycles. The van der Waals surface area contributed by atoms with Gasteiger partial charge in [0.15, 0.2) is 0 Å². The summed E-state index contributed by atoms with van der Waals surface area (Å²) in [5.74, 6) is 0. The average molecular weight is 619 g/mol. The van der Waals surface area contributed by atoms with Crippen molar-refractivity contribution in [3.63, 3.8) is 0 Å². The molecule has 1 spiro atoms. The maximum Gasteiger partial charge on any atom is 0.119 e. The molecule has 226 valence electrons. The van der Waals surface area contributed by atoms with E-state index >= 15 is 0 Å². The monoisotopic (exact) mass is 618 g/mol. The molecule has 10 rings (SSSR count). The minimum atomic E-state index is -1.65. The molecule has 1 fully saturated rings. The average Bonchev–Trinajstić information content (AvgIpc) is 3.77. The summed E-state index contributed by atoms with van der Waals surface area (Å²) >= 11 is 0. The molecular formula is C46H38Si. The topological polar surface area (TPSA) is 0 Å². The molecule has 1 heteroatoms. The zero-order chi connectivity index (χ0) is 31.5. The van der Waals surface area contributed by atoms with Crippen LogP contribution in [0.1, 0.15) is 43.4 Å². The van der Waals surface area contributed by atoms with Gasteiger partial charge in [-0.1, -0.05) is 154 Å². The molecular weight excluding hydrogens is 581 g/mol. The Labute approximate surface area is 278 Å². The van der Waals surface area contributed by atoms with E-state index in [1.807, 2.05) is 0 Å². The van der Waals surface area contributed by atoms with Gasteiger partial charge in [-0.2, -0.15) is 0 Å². The summed E-state index contributed by atoms with van der Waals surface area (Å²) in [6.07, 6.45) is 2.76. The number of hydrogen-bond donors (Lipinski definition) is 0. The van der Waals surface area contributed by atoms with E-state index in [1.165, 1.54) is 108 Å². The summed E-state index contributed by atoms with van der Waals surface area (Å²) in [4.78, 5) is 0. The molecule has 7 aromatic rings. The van der Waals surface area contributed by atoms with Crippen LogP contribution in [-0.2, 0) is 5.41 Å². The number of aryl methyl sites for hydroxylation is 1. The van der Waals surface area contributed by atoms with Gasteiger partial charge in [0.1, 0.15) is 8.07 Å². The first-order valence-electron chi connectivity index (χ1n) is 17.4. The van der Waals surface area contributed by atoms with Gasteiger partial charge >= 0.3 is 0 Å². The lowest BCUT2D eigenvalue weighted by atomic mass is 9.80. The van der Waals surface area contributed by atoms with Gasteiger partial charge < -0.3 is 0 Å². The lowest BCUT2D eigenvalue weighted by Gasteiger charge is -2.24. The number of fused-ring (bicyclic) bond motifs is 10. The highest BCUT2D eigenvalue weighted by Crippen LogP contribution is 2.54. The Kier molecular flexibility index (Phi) is 5.63. The van der Waals surface area contributed by atoms with Crippen LogP contribution in [0.2, 0.25) is 12.1 Å². The Morgan fingerprint density at radius 2 is 1.11 bits per heavy atom. The van der Waals surface area contributed by atoms with E-state index in [-0.39, 0.29) is 5.41 Å². The maximum atomic E-state index is 2.56. The van der Waals surface area contributed by atoms with Gasteiger partial charge in [-0.3, -0.25) is 0 Å². The summed E-state index contributed by atoms with van der Waals surface area (Å²) in [5.41, 5.74) is 15.3. The van der Waals surface area contributed by atoms with Crippen LogP contribution in [0.15, 0.2) is 127 Å². The fourth-order valence-electron chi connectivity index (χ4n) is 9.99. The van der Waals surface area contributed by atoms with Crippen molar-refractivity contribution >= 4 is 40.0 Å². The number of hydrogen-bond acceptors (Lipinski definition) is 0. The zero-order valence-electron chi connectivity index (χ0n) is 27.5. The van der Waals surface area contributed by atoms with Crippen molar-refractivity contribution in [2.24, 2.45) is 0 Å². The van der Waals surface area contributed by atoms with Gasteiger partial charge in [0, 0.05) is 5.41 Å². The fraction of sp³-hybridized carbons (Fsp3) is 0.174. The molecule has 1 aliphatic carbocycles. The van der Waals surface area contributed by atoms with Gasteiger partial charge in [0.05, 0.1) is 0 Å². The molecule has 47 heavy (non-hydrogen) atoms. The first-order valence-corrected chi connectivity index (χ1v) is 19.8. The van der Waals surface area contributed by atoms with Crippen LogP contribution in [-0.4, -0.2) is 8.07 Å². The van der Waals surface area contributed by atoms with Crippen LogP contribution in [0.5, 0.6) is 0 Å². The normalized spacial score (nSPS) is 16.4. The third kappa shape index (κ3) is 3.58. The quantitative estimate of drug-likeness (QED) is 0.134. The van der Waals surface area contributed by atoms with Crippen molar-refractivity contribution in [1.82, 2.24) is 0 Å². The molecule has 0 aromatic heterocycles. The second-order valence-corrected chi connectivity index (χ2v) is 19.1. The molecule has 0 radical (unpaired) electrons. The summed E-state index contributed by atoms with van der Waals surface area (Å²) < 4.78 is 0. The lowest BCUT2D eigenvalue weighted by Crippen LogP contribution is -2.52. The van der Waals surface area contributed by atoms with Gasteiger partial charge in [0.2, 0.25) is 0 Å². The van der Waals surface area contributed by atoms with E-state index in [4.69, 9.17) is 0 Å². The highest BCUT2D eigenvalue weighted by Gasteiger charge is 2.47. The van der Waals surface area contributed by atoms with Crippen molar-refractivity contribution in [1.29, 1.82) is 0 Å². The molecule has 0 nitrogen and oxygen atoms in total. The molecule has 2 aliphatic heterocycles. The van der Waals surface area contributed by atoms with Crippen molar-refractivity contribution in [2.75, 3.05) is 0 Å². The number of rotatable bonds is 2. The molecule has 1 saturated heterocycles. The first kappa shape index (κ1) is 27.4. The van der Waals surface area contributed by atoms with E-state index in [9.17, 15) is 0 Å². The second kappa shape index (κ2) is 9.66. The largest absolute Gasteiger partial charge is 0.119 e. The Morgan fingerprint density at radius 1 is 0.468 bits per heavy atom. The third-order valence-corrected chi connectivity index (χ3v) is 17.4. The minimum absolute atomic E-state index is 0.0376. The van der Waals surface area contributed by atoms with Gasteiger partial charge in [0.25, 0.3) is 0 Å². The highest BCUT2D eigenvalue weighted by molar-refractivity contribution is 7.06. The predicted molar refractivity (Wildman–Crippen MR) is 204 cm³/mol. The highest BCUT2D eigenvalue weighted by atomic mass is 28.3. The molecule has 3 aliphatic rings.